The zero-order valence-corrected chi connectivity index (χ0v) is 19.9. The van der Waals surface area contributed by atoms with E-state index in [0.29, 0.717) is 5.69 Å². The Kier molecular flexibility index (Phi) is 7.11. The molecule has 1 aromatic rings. The highest BCUT2D eigenvalue weighted by molar-refractivity contribution is 7.88. The van der Waals surface area contributed by atoms with Gasteiger partial charge in [0, 0.05) is 18.3 Å². The first-order chi connectivity index (χ1) is 14.5. The van der Waals surface area contributed by atoms with E-state index in [0.717, 1.165) is 47.4 Å². The number of nitrogens with one attached hydrogen (secondary N) is 1. The van der Waals surface area contributed by atoms with Crippen molar-refractivity contribution in [3.05, 3.63) is 29.3 Å². The molecule has 2 amide bonds. The van der Waals surface area contributed by atoms with E-state index in [-0.39, 0.29) is 30.9 Å². The molecule has 0 aromatic heterocycles. The molecule has 1 heterocycles. The quantitative estimate of drug-likeness (QED) is 0.766. The number of carbonyl (C=O) groups is 2. The number of hydrogen-bond acceptors (Lipinski definition) is 4. The molecule has 0 radical (unpaired) electrons. The van der Waals surface area contributed by atoms with Crippen molar-refractivity contribution in [1.82, 2.24) is 9.62 Å². The van der Waals surface area contributed by atoms with Gasteiger partial charge in [-0.25, -0.2) is 8.42 Å². The molecule has 1 aliphatic heterocycles. The topological polar surface area (TPSA) is 86.8 Å². The van der Waals surface area contributed by atoms with Gasteiger partial charge in [0.15, 0.2) is 0 Å². The number of amides is 2. The predicted molar refractivity (Wildman–Crippen MR) is 122 cm³/mol. The molecule has 1 aromatic carbocycles. The second-order valence-electron chi connectivity index (χ2n) is 9.34. The summed E-state index contributed by atoms with van der Waals surface area (Å²) in [6.07, 6.45) is 8.60. The van der Waals surface area contributed by atoms with E-state index >= 15 is 0 Å². The maximum absolute atomic E-state index is 13.6. The molecule has 1 atom stereocenters. The third kappa shape index (κ3) is 5.29. The fourth-order valence-electron chi connectivity index (χ4n) is 4.77. The fraction of sp³-hybridized carbons (Fsp3) is 0.652. The van der Waals surface area contributed by atoms with Gasteiger partial charge in [0.1, 0.15) is 5.54 Å². The monoisotopic (exact) mass is 449 g/mol. The largest absolute Gasteiger partial charge is 0.351 e. The first kappa shape index (κ1) is 23.7. The highest BCUT2D eigenvalue weighted by Gasteiger charge is 2.50. The Hall–Kier alpha value is -1.93. The average Bonchev–Trinajstić information content (AvgIpc) is 2.64. The van der Waals surface area contributed by atoms with E-state index in [9.17, 15) is 18.0 Å². The highest BCUT2D eigenvalue weighted by Crippen LogP contribution is 2.33. The Labute approximate surface area is 186 Å². The van der Waals surface area contributed by atoms with Crippen LogP contribution in [0.1, 0.15) is 63.0 Å². The van der Waals surface area contributed by atoms with Gasteiger partial charge in [0.2, 0.25) is 21.8 Å². The minimum atomic E-state index is -3.62. The molecule has 172 valence electrons. The first-order valence-corrected chi connectivity index (χ1v) is 13.0. The lowest BCUT2D eigenvalue weighted by Crippen LogP contribution is -2.70. The van der Waals surface area contributed by atoms with Crippen molar-refractivity contribution in [3.8, 4) is 0 Å². The van der Waals surface area contributed by atoms with Crippen LogP contribution in [0.4, 0.5) is 5.69 Å². The highest BCUT2D eigenvalue weighted by atomic mass is 32.2. The van der Waals surface area contributed by atoms with Gasteiger partial charge in [-0.3, -0.25) is 14.5 Å². The van der Waals surface area contributed by atoms with Crippen LogP contribution in [0.25, 0.3) is 0 Å². The summed E-state index contributed by atoms with van der Waals surface area (Å²) in [5, 5.41) is 3.17. The molecule has 0 spiro atoms. The molecule has 1 aliphatic carbocycles. The van der Waals surface area contributed by atoms with Crippen molar-refractivity contribution in [2.75, 3.05) is 24.2 Å². The van der Waals surface area contributed by atoms with Crippen molar-refractivity contribution in [2.24, 2.45) is 0 Å². The molecule has 2 fully saturated rings. The summed E-state index contributed by atoms with van der Waals surface area (Å²) in [5.74, 6) is -0.682. The van der Waals surface area contributed by atoms with Gasteiger partial charge < -0.3 is 5.32 Å². The maximum Gasteiger partial charge on any atom is 0.247 e. The third-order valence-electron chi connectivity index (χ3n) is 6.53. The number of hydrogen-bond donors (Lipinski definition) is 1. The first-order valence-electron chi connectivity index (χ1n) is 11.2. The molecule has 7 nitrogen and oxygen atoms in total. The number of sulfonamides is 1. The lowest BCUT2D eigenvalue weighted by molar-refractivity contribution is -0.133. The van der Waals surface area contributed by atoms with Gasteiger partial charge >= 0.3 is 0 Å². The van der Waals surface area contributed by atoms with Crippen LogP contribution in [0, 0.1) is 13.8 Å². The van der Waals surface area contributed by atoms with Gasteiger partial charge in [-0.1, -0.05) is 49.8 Å². The summed E-state index contributed by atoms with van der Waals surface area (Å²) in [5.41, 5.74) is 1.26. The van der Waals surface area contributed by atoms with Crippen LogP contribution in [0.5, 0.6) is 0 Å². The van der Waals surface area contributed by atoms with Crippen LogP contribution >= 0.6 is 0 Å². The summed E-state index contributed by atoms with van der Waals surface area (Å²) in [4.78, 5) is 28.4. The van der Waals surface area contributed by atoms with E-state index in [4.69, 9.17) is 0 Å². The fourth-order valence-corrected chi connectivity index (χ4v) is 5.60. The summed E-state index contributed by atoms with van der Waals surface area (Å²) in [6, 6.07) is 5.78. The molecule has 8 heteroatoms. The van der Waals surface area contributed by atoms with Crippen molar-refractivity contribution in [3.63, 3.8) is 0 Å². The van der Waals surface area contributed by atoms with Gasteiger partial charge in [-0.15, -0.1) is 0 Å². The van der Waals surface area contributed by atoms with Crippen molar-refractivity contribution in [2.45, 2.75) is 77.3 Å². The van der Waals surface area contributed by atoms with Crippen LogP contribution in [0.3, 0.4) is 0 Å². The number of rotatable bonds is 4. The van der Waals surface area contributed by atoms with E-state index in [2.05, 4.69) is 5.32 Å². The Bertz CT molecular complexity index is 938. The molecular formula is C23H35N3O4S. The smallest absolute Gasteiger partial charge is 0.247 e. The van der Waals surface area contributed by atoms with E-state index < -0.39 is 15.6 Å². The Morgan fingerprint density at radius 1 is 1.10 bits per heavy atom. The summed E-state index contributed by atoms with van der Waals surface area (Å²) >= 11 is 0. The molecular weight excluding hydrogens is 414 g/mol. The number of piperazine rings is 1. The minimum absolute atomic E-state index is 0.0503. The minimum Gasteiger partial charge on any atom is -0.351 e. The van der Waals surface area contributed by atoms with Crippen molar-refractivity contribution in [1.29, 1.82) is 0 Å². The SMILES string of the molecule is Cc1ccc(N2C(=O)CN(S(C)(=O)=O)C[C@]2(C)C(=O)NC2CCCCCCC2)c(C)c1. The van der Waals surface area contributed by atoms with E-state index in [1.807, 2.05) is 32.0 Å². The number of carbonyl (C=O) groups excluding carboxylic acids is 2. The zero-order valence-electron chi connectivity index (χ0n) is 19.1. The zero-order chi connectivity index (χ0) is 22.8. The number of nitrogens with zero attached hydrogens (tertiary/aromatic N) is 2. The van der Waals surface area contributed by atoms with E-state index in [1.165, 1.54) is 24.2 Å². The van der Waals surface area contributed by atoms with Gasteiger partial charge in [-0.2, -0.15) is 4.31 Å². The van der Waals surface area contributed by atoms with Gasteiger partial charge in [0.25, 0.3) is 0 Å². The molecule has 0 bridgehead atoms. The molecule has 1 saturated heterocycles. The Morgan fingerprint density at radius 3 is 2.29 bits per heavy atom. The van der Waals surface area contributed by atoms with Crippen LogP contribution in [0.2, 0.25) is 0 Å². The summed E-state index contributed by atoms with van der Waals surface area (Å²) in [7, 11) is -3.62. The van der Waals surface area contributed by atoms with Gasteiger partial charge in [-0.05, 0) is 45.2 Å². The molecule has 3 rings (SSSR count). The molecule has 2 aliphatic rings. The van der Waals surface area contributed by atoms with Crippen LogP contribution in [-0.2, 0) is 19.6 Å². The number of anilines is 1. The Balaban J connectivity index is 1.97. The molecule has 31 heavy (non-hydrogen) atoms. The third-order valence-corrected chi connectivity index (χ3v) is 7.73. The maximum atomic E-state index is 13.6. The normalized spacial score (nSPS) is 24.5. The van der Waals surface area contributed by atoms with Crippen LogP contribution in [0.15, 0.2) is 18.2 Å². The second kappa shape index (κ2) is 9.28. The number of benzene rings is 1. The lowest BCUT2D eigenvalue weighted by Gasteiger charge is -2.47. The van der Waals surface area contributed by atoms with Crippen molar-refractivity contribution >= 4 is 27.5 Å². The average molecular weight is 450 g/mol. The molecule has 0 unspecified atom stereocenters. The molecule has 1 N–H and O–H groups in total. The molecule has 1 saturated carbocycles. The van der Waals surface area contributed by atoms with Crippen molar-refractivity contribution < 1.29 is 18.0 Å². The van der Waals surface area contributed by atoms with Gasteiger partial charge in [0.05, 0.1) is 12.8 Å². The lowest BCUT2D eigenvalue weighted by atomic mass is 9.91. The summed E-state index contributed by atoms with van der Waals surface area (Å²) in [6.45, 7) is 5.23. The predicted octanol–water partition coefficient (Wildman–Crippen LogP) is 2.90. The summed E-state index contributed by atoms with van der Waals surface area (Å²) < 4.78 is 25.7. The Morgan fingerprint density at radius 2 is 1.71 bits per heavy atom. The standard InChI is InChI=1S/C23H35N3O4S/c1-17-12-13-20(18(2)14-17)26-21(27)15-25(31(4,29)30)16-23(26,3)22(28)24-19-10-8-6-5-7-9-11-19/h12-14,19H,5-11,15-16H2,1-4H3,(H,24,28)/t23-/m1/s1. The number of aryl methyl sites for hydroxylation is 2. The second-order valence-corrected chi connectivity index (χ2v) is 11.3. The van der Waals surface area contributed by atoms with E-state index in [1.54, 1.807) is 6.92 Å². The van der Waals surface area contributed by atoms with Crippen LogP contribution in [-0.4, -0.2) is 55.5 Å². The van der Waals surface area contributed by atoms with Crippen LogP contribution < -0.4 is 10.2 Å².